The predicted octanol–water partition coefficient (Wildman–Crippen LogP) is 3.62. The Morgan fingerprint density at radius 3 is 2.51 bits per heavy atom. The summed E-state index contributed by atoms with van der Waals surface area (Å²) in [5, 5.41) is 5.47. The Bertz CT molecular complexity index is 1380. The summed E-state index contributed by atoms with van der Waals surface area (Å²) in [6.45, 7) is 2.22. The lowest BCUT2D eigenvalue weighted by atomic mass is 10.0. The molecule has 0 N–H and O–H groups in total. The fourth-order valence-electron chi connectivity index (χ4n) is 5.66. The van der Waals surface area contributed by atoms with E-state index in [9.17, 15) is 9.59 Å². The third-order valence-corrected chi connectivity index (χ3v) is 8.13. The largest absolute Gasteiger partial charge is 0.342 e. The summed E-state index contributed by atoms with van der Waals surface area (Å²) in [6, 6.07) is 14.8. The van der Waals surface area contributed by atoms with Gasteiger partial charge in [-0.05, 0) is 55.2 Å². The number of fused-ring (bicyclic) bond motifs is 1. The van der Waals surface area contributed by atoms with E-state index in [0.717, 1.165) is 78.6 Å². The van der Waals surface area contributed by atoms with Gasteiger partial charge in [-0.3, -0.25) is 24.2 Å². The standard InChI is InChI=1S/C28H29N5O2/c1-31-24-14-22(8-9-23(24)15-29-31)19-2-4-20(5-3-19)25-30-28(11-12-28)27(35)33(25)17-18-10-13-32(16-18)26(34)21-6-7-21/h2-5,8-9,14-15,18,21H,6-7,10-13,16-17H2,1H3/t18-/m1/s1. The summed E-state index contributed by atoms with van der Waals surface area (Å²) in [5.41, 5.74) is 3.82. The minimum Gasteiger partial charge on any atom is -0.342 e. The summed E-state index contributed by atoms with van der Waals surface area (Å²) < 4.78 is 1.89. The molecule has 2 aliphatic carbocycles. The molecule has 3 heterocycles. The van der Waals surface area contributed by atoms with E-state index in [1.54, 1.807) is 0 Å². The van der Waals surface area contributed by atoms with Crippen LogP contribution in [0.4, 0.5) is 0 Å². The number of hydrogen-bond donors (Lipinski definition) is 0. The second kappa shape index (κ2) is 7.51. The van der Waals surface area contributed by atoms with Gasteiger partial charge in [-0.2, -0.15) is 5.10 Å². The SMILES string of the molecule is Cn1ncc2ccc(-c3ccc(C4=NC5(CC5)C(=O)N4C[C@@H]4CCN(C(=O)C5CC5)C4)cc3)cc21. The van der Waals surface area contributed by atoms with Gasteiger partial charge in [-0.1, -0.05) is 36.4 Å². The van der Waals surface area contributed by atoms with Crippen LogP contribution in [0.3, 0.4) is 0 Å². The molecule has 2 aliphatic heterocycles. The van der Waals surface area contributed by atoms with Crippen molar-refractivity contribution >= 4 is 28.6 Å². The maximum Gasteiger partial charge on any atom is 0.256 e. The van der Waals surface area contributed by atoms with E-state index in [1.165, 1.54) is 0 Å². The number of hydrogen-bond acceptors (Lipinski definition) is 4. The van der Waals surface area contributed by atoms with Crippen molar-refractivity contribution in [2.45, 2.75) is 37.6 Å². The van der Waals surface area contributed by atoms with Gasteiger partial charge in [0.25, 0.3) is 5.91 Å². The molecule has 7 nitrogen and oxygen atoms in total. The number of likely N-dealkylation sites (tertiary alicyclic amines) is 1. The van der Waals surface area contributed by atoms with Crippen LogP contribution < -0.4 is 0 Å². The first-order chi connectivity index (χ1) is 17.0. The van der Waals surface area contributed by atoms with Gasteiger partial charge in [0.1, 0.15) is 11.4 Å². The van der Waals surface area contributed by atoms with Gasteiger partial charge in [0.15, 0.2) is 0 Å². The molecule has 2 saturated carbocycles. The number of aryl methyl sites for hydroxylation is 1. The third-order valence-electron chi connectivity index (χ3n) is 8.13. The van der Waals surface area contributed by atoms with E-state index < -0.39 is 5.54 Å². The molecule has 0 unspecified atom stereocenters. The van der Waals surface area contributed by atoms with Gasteiger partial charge in [-0.25, -0.2) is 0 Å². The van der Waals surface area contributed by atoms with Gasteiger partial charge in [0.2, 0.25) is 5.91 Å². The molecule has 2 aromatic carbocycles. The van der Waals surface area contributed by atoms with E-state index in [-0.39, 0.29) is 11.8 Å². The number of benzene rings is 2. The summed E-state index contributed by atoms with van der Waals surface area (Å²) in [6.07, 6.45) is 6.59. The number of carbonyl (C=O) groups is 2. The average Bonchev–Trinajstić information content (AvgIpc) is 3.78. The number of aromatic nitrogens is 2. The highest BCUT2D eigenvalue weighted by Crippen LogP contribution is 2.46. The molecule has 2 amide bonds. The molecule has 1 atom stereocenters. The Morgan fingerprint density at radius 2 is 1.77 bits per heavy atom. The van der Waals surface area contributed by atoms with Crippen LogP contribution in [0.15, 0.2) is 53.7 Å². The molecule has 3 fully saturated rings. The first kappa shape index (κ1) is 20.9. The topological polar surface area (TPSA) is 70.8 Å². The molecule has 3 aromatic rings. The Balaban J connectivity index is 1.12. The molecular formula is C28H29N5O2. The number of nitrogens with zero attached hydrogens (tertiary/aromatic N) is 5. The van der Waals surface area contributed by atoms with Gasteiger partial charge in [0, 0.05) is 43.5 Å². The monoisotopic (exact) mass is 467 g/mol. The van der Waals surface area contributed by atoms with Crippen LogP contribution in [-0.2, 0) is 16.6 Å². The Morgan fingerprint density at radius 1 is 1.03 bits per heavy atom. The average molecular weight is 468 g/mol. The second-order valence-electron chi connectivity index (χ2n) is 10.7. The molecule has 7 heteroatoms. The van der Waals surface area contributed by atoms with Crippen LogP contribution in [0.1, 0.15) is 37.7 Å². The molecule has 7 rings (SSSR count). The highest BCUT2D eigenvalue weighted by Gasteiger charge is 2.57. The van der Waals surface area contributed by atoms with Gasteiger partial charge >= 0.3 is 0 Å². The van der Waals surface area contributed by atoms with Gasteiger partial charge < -0.3 is 4.90 Å². The van der Waals surface area contributed by atoms with Crippen LogP contribution in [0.2, 0.25) is 0 Å². The van der Waals surface area contributed by atoms with Crippen molar-refractivity contribution in [3.63, 3.8) is 0 Å². The number of amidine groups is 1. The van der Waals surface area contributed by atoms with E-state index >= 15 is 0 Å². The summed E-state index contributed by atoms with van der Waals surface area (Å²) in [7, 11) is 1.96. The van der Waals surface area contributed by atoms with Crippen molar-refractivity contribution in [2.75, 3.05) is 19.6 Å². The quantitative estimate of drug-likeness (QED) is 0.576. The van der Waals surface area contributed by atoms with E-state index in [1.807, 2.05) is 27.7 Å². The second-order valence-corrected chi connectivity index (χ2v) is 10.7. The molecule has 178 valence electrons. The zero-order chi connectivity index (χ0) is 23.7. The number of carbonyl (C=O) groups excluding carboxylic acids is 2. The van der Waals surface area contributed by atoms with E-state index in [4.69, 9.17) is 4.99 Å². The Hall–Kier alpha value is -3.48. The molecule has 0 bridgehead atoms. The van der Waals surface area contributed by atoms with Crippen LogP contribution in [0, 0.1) is 11.8 Å². The normalized spacial score (nSPS) is 22.9. The molecule has 1 saturated heterocycles. The van der Waals surface area contributed by atoms with Crippen molar-refractivity contribution in [2.24, 2.45) is 23.9 Å². The van der Waals surface area contributed by atoms with Crippen molar-refractivity contribution in [3.8, 4) is 11.1 Å². The van der Waals surface area contributed by atoms with Crippen molar-refractivity contribution < 1.29 is 9.59 Å². The minimum atomic E-state index is -0.527. The Labute approximate surface area is 204 Å². The summed E-state index contributed by atoms with van der Waals surface area (Å²) in [4.78, 5) is 34.7. The van der Waals surface area contributed by atoms with Crippen molar-refractivity contribution in [1.29, 1.82) is 0 Å². The maximum absolute atomic E-state index is 13.3. The Kier molecular flexibility index (Phi) is 4.47. The molecule has 1 spiro atoms. The number of aliphatic imine (C=N–C) groups is 1. The van der Waals surface area contributed by atoms with Gasteiger partial charge in [0.05, 0.1) is 11.7 Å². The first-order valence-corrected chi connectivity index (χ1v) is 12.7. The third kappa shape index (κ3) is 3.48. The minimum absolute atomic E-state index is 0.144. The fraction of sp³-hybridized carbons (Fsp3) is 0.429. The smallest absolute Gasteiger partial charge is 0.256 e. The van der Waals surface area contributed by atoms with Crippen LogP contribution in [0.5, 0.6) is 0 Å². The van der Waals surface area contributed by atoms with Crippen LogP contribution >= 0.6 is 0 Å². The van der Waals surface area contributed by atoms with Crippen LogP contribution in [0.25, 0.3) is 22.0 Å². The lowest BCUT2D eigenvalue weighted by molar-refractivity contribution is -0.131. The van der Waals surface area contributed by atoms with E-state index in [2.05, 4.69) is 47.6 Å². The highest BCUT2D eigenvalue weighted by atomic mass is 16.2. The number of rotatable bonds is 5. The number of amides is 2. The highest BCUT2D eigenvalue weighted by molar-refractivity contribution is 6.16. The lowest BCUT2D eigenvalue weighted by Gasteiger charge is -2.23. The zero-order valence-corrected chi connectivity index (χ0v) is 20.0. The molecule has 4 aliphatic rings. The van der Waals surface area contributed by atoms with Crippen molar-refractivity contribution in [3.05, 3.63) is 54.2 Å². The predicted molar refractivity (Wildman–Crippen MR) is 134 cm³/mol. The van der Waals surface area contributed by atoms with Crippen LogP contribution in [-0.4, -0.2) is 62.4 Å². The fourth-order valence-corrected chi connectivity index (χ4v) is 5.66. The summed E-state index contributed by atoms with van der Waals surface area (Å²) >= 11 is 0. The summed E-state index contributed by atoms with van der Waals surface area (Å²) in [5.74, 6) is 1.82. The first-order valence-electron chi connectivity index (χ1n) is 12.7. The molecular weight excluding hydrogens is 438 g/mol. The lowest BCUT2D eigenvalue weighted by Crippen LogP contribution is -2.40. The maximum atomic E-state index is 13.3. The zero-order valence-electron chi connectivity index (χ0n) is 20.0. The van der Waals surface area contributed by atoms with Crippen molar-refractivity contribution in [1.82, 2.24) is 19.6 Å². The molecule has 1 aromatic heterocycles. The van der Waals surface area contributed by atoms with E-state index in [0.29, 0.717) is 18.4 Å². The molecule has 0 radical (unpaired) electrons. The molecule has 35 heavy (non-hydrogen) atoms. The van der Waals surface area contributed by atoms with Gasteiger partial charge in [-0.15, -0.1) is 0 Å².